The Labute approximate surface area is 128 Å². The predicted octanol–water partition coefficient (Wildman–Crippen LogP) is 2.97. The minimum atomic E-state index is -1.12. The molecule has 0 saturated carbocycles. The average Bonchev–Trinajstić information content (AvgIpc) is 2.53. The van der Waals surface area contributed by atoms with E-state index in [0.717, 1.165) is 11.1 Å². The van der Waals surface area contributed by atoms with Crippen molar-refractivity contribution >= 4 is 18.1 Å². The third-order valence-corrected chi connectivity index (χ3v) is 2.96. The molecule has 0 radical (unpaired) electrons. The Bertz CT molecular complexity index is 761. The fourth-order valence-corrected chi connectivity index (χ4v) is 1.94. The van der Waals surface area contributed by atoms with E-state index < -0.39 is 5.97 Å². The number of carbonyl (C=O) groups is 1. The number of carboxylic acids is 1. The van der Waals surface area contributed by atoms with Gasteiger partial charge in [-0.3, -0.25) is 0 Å². The first-order chi connectivity index (χ1) is 10.6. The standard InChI is InChI=1S/C17H14N2O3/c1-22-11-13-4-2-3-12(9-13)5-7-15-14(10-18)6-8-16(19-15)17(20)21/h2-9H,11H2,1H3,(H,20,21). The number of hydrogen-bond acceptors (Lipinski definition) is 4. The highest BCUT2D eigenvalue weighted by Gasteiger charge is 2.08. The topological polar surface area (TPSA) is 83.2 Å². The minimum Gasteiger partial charge on any atom is -0.477 e. The van der Waals surface area contributed by atoms with Gasteiger partial charge in [0.15, 0.2) is 0 Å². The van der Waals surface area contributed by atoms with Gasteiger partial charge in [-0.15, -0.1) is 0 Å². The molecular weight excluding hydrogens is 280 g/mol. The van der Waals surface area contributed by atoms with Gasteiger partial charge in [-0.05, 0) is 35.4 Å². The molecule has 2 aromatic rings. The van der Waals surface area contributed by atoms with Crippen LogP contribution in [-0.2, 0) is 11.3 Å². The van der Waals surface area contributed by atoms with Crippen LogP contribution in [0.25, 0.3) is 12.2 Å². The Morgan fingerprint density at radius 1 is 1.36 bits per heavy atom. The summed E-state index contributed by atoms with van der Waals surface area (Å²) in [5, 5.41) is 18.0. The van der Waals surface area contributed by atoms with Crippen LogP contribution >= 0.6 is 0 Å². The van der Waals surface area contributed by atoms with Gasteiger partial charge in [-0.1, -0.05) is 24.3 Å². The van der Waals surface area contributed by atoms with Gasteiger partial charge < -0.3 is 9.84 Å². The summed E-state index contributed by atoms with van der Waals surface area (Å²) < 4.78 is 5.08. The summed E-state index contributed by atoms with van der Waals surface area (Å²) >= 11 is 0. The van der Waals surface area contributed by atoms with Crippen LogP contribution in [0.15, 0.2) is 36.4 Å². The second kappa shape index (κ2) is 7.16. The molecule has 0 spiro atoms. The number of carboxylic acid groups (broad SMARTS) is 1. The molecule has 0 fully saturated rings. The van der Waals surface area contributed by atoms with Crippen molar-refractivity contribution in [3.63, 3.8) is 0 Å². The maximum atomic E-state index is 11.0. The third-order valence-electron chi connectivity index (χ3n) is 2.96. The number of pyridine rings is 1. The monoisotopic (exact) mass is 294 g/mol. The minimum absolute atomic E-state index is 0.0909. The summed E-state index contributed by atoms with van der Waals surface area (Å²) in [4.78, 5) is 14.9. The van der Waals surface area contributed by atoms with E-state index >= 15 is 0 Å². The summed E-state index contributed by atoms with van der Waals surface area (Å²) in [6, 6.07) is 12.5. The summed E-state index contributed by atoms with van der Waals surface area (Å²) in [6.45, 7) is 0.512. The van der Waals surface area contributed by atoms with Gasteiger partial charge in [0.1, 0.15) is 11.8 Å². The van der Waals surface area contributed by atoms with Crippen molar-refractivity contribution in [3.05, 3.63) is 64.5 Å². The zero-order valence-electron chi connectivity index (χ0n) is 12.0. The molecule has 0 atom stereocenters. The third kappa shape index (κ3) is 3.78. The van der Waals surface area contributed by atoms with Crippen molar-refractivity contribution in [1.82, 2.24) is 4.98 Å². The lowest BCUT2D eigenvalue weighted by Gasteiger charge is -2.02. The van der Waals surface area contributed by atoms with E-state index in [1.165, 1.54) is 12.1 Å². The van der Waals surface area contributed by atoms with Gasteiger partial charge in [-0.25, -0.2) is 9.78 Å². The summed E-state index contributed by atoms with van der Waals surface area (Å²) in [5.74, 6) is -1.12. The number of ether oxygens (including phenoxy) is 1. The highest BCUT2D eigenvalue weighted by molar-refractivity contribution is 5.86. The summed E-state index contributed by atoms with van der Waals surface area (Å²) in [5.41, 5.74) is 2.51. The van der Waals surface area contributed by atoms with E-state index in [2.05, 4.69) is 4.98 Å². The lowest BCUT2D eigenvalue weighted by atomic mass is 10.1. The maximum absolute atomic E-state index is 11.0. The Morgan fingerprint density at radius 2 is 2.18 bits per heavy atom. The Morgan fingerprint density at radius 3 is 2.86 bits per heavy atom. The van der Waals surface area contributed by atoms with E-state index in [-0.39, 0.29) is 5.69 Å². The van der Waals surface area contributed by atoms with Crippen LogP contribution in [0, 0.1) is 11.3 Å². The molecule has 1 aromatic carbocycles. The first-order valence-corrected chi connectivity index (χ1v) is 6.54. The zero-order valence-corrected chi connectivity index (χ0v) is 12.0. The highest BCUT2D eigenvalue weighted by atomic mass is 16.5. The fourth-order valence-electron chi connectivity index (χ4n) is 1.94. The Balaban J connectivity index is 2.33. The number of nitriles is 1. The molecule has 5 nitrogen and oxygen atoms in total. The van der Waals surface area contributed by atoms with E-state index in [1.54, 1.807) is 19.3 Å². The Hall–Kier alpha value is -2.97. The van der Waals surface area contributed by atoms with Gasteiger partial charge in [-0.2, -0.15) is 5.26 Å². The van der Waals surface area contributed by atoms with E-state index in [4.69, 9.17) is 15.1 Å². The number of hydrogen-bond donors (Lipinski definition) is 1. The first kappa shape index (κ1) is 15.4. The quantitative estimate of drug-likeness (QED) is 0.916. The first-order valence-electron chi connectivity index (χ1n) is 6.54. The van der Waals surface area contributed by atoms with E-state index in [0.29, 0.717) is 17.9 Å². The van der Waals surface area contributed by atoms with E-state index in [1.807, 2.05) is 30.3 Å². The summed E-state index contributed by atoms with van der Waals surface area (Å²) in [7, 11) is 1.63. The highest BCUT2D eigenvalue weighted by Crippen LogP contribution is 2.13. The lowest BCUT2D eigenvalue weighted by Crippen LogP contribution is -2.02. The van der Waals surface area contributed by atoms with Crippen molar-refractivity contribution < 1.29 is 14.6 Å². The normalized spacial score (nSPS) is 10.5. The average molecular weight is 294 g/mol. The number of rotatable bonds is 5. The van der Waals surface area contributed by atoms with Crippen LogP contribution in [-0.4, -0.2) is 23.2 Å². The van der Waals surface area contributed by atoms with Crippen molar-refractivity contribution in [2.24, 2.45) is 0 Å². The second-order valence-corrected chi connectivity index (χ2v) is 4.56. The van der Waals surface area contributed by atoms with Gasteiger partial charge in [0.05, 0.1) is 17.9 Å². The van der Waals surface area contributed by atoms with Gasteiger partial charge >= 0.3 is 5.97 Å². The zero-order chi connectivity index (χ0) is 15.9. The molecule has 0 aliphatic heterocycles. The van der Waals surface area contributed by atoms with Crippen LogP contribution in [0.1, 0.15) is 32.9 Å². The van der Waals surface area contributed by atoms with Gasteiger partial charge in [0.25, 0.3) is 0 Å². The number of methoxy groups -OCH3 is 1. The molecular formula is C17H14N2O3. The molecule has 1 heterocycles. The van der Waals surface area contributed by atoms with Gasteiger partial charge in [0, 0.05) is 7.11 Å². The SMILES string of the molecule is COCc1cccc(C=Cc2nc(C(=O)O)ccc2C#N)c1. The maximum Gasteiger partial charge on any atom is 0.354 e. The number of nitrogens with zero attached hydrogens (tertiary/aromatic N) is 2. The summed E-state index contributed by atoms with van der Waals surface area (Å²) in [6.07, 6.45) is 3.42. The molecule has 1 aromatic heterocycles. The van der Waals surface area contributed by atoms with Crippen molar-refractivity contribution in [2.75, 3.05) is 7.11 Å². The number of aromatic nitrogens is 1. The number of benzene rings is 1. The van der Waals surface area contributed by atoms with Crippen molar-refractivity contribution in [3.8, 4) is 6.07 Å². The van der Waals surface area contributed by atoms with Crippen LogP contribution in [0.4, 0.5) is 0 Å². The molecule has 2 rings (SSSR count). The molecule has 0 bridgehead atoms. The Kier molecular flexibility index (Phi) is 5.02. The van der Waals surface area contributed by atoms with E-state index in [9.17, 15) is 4.79 Å². The smallest absolute Gasteiger partial charge is 0.354 e. The molecule has 0 aliphatic rings. The molecule has 1 N–H and O–H groups in total. The fraction of sp³-hybridized carbons (Fsp3) is 0.118. The van der Waals surface area contributed by atoms with Crippen LogP contribution in [0.2, 0.25) is 0 Å². The molecule has 0 saturated heterocycles. The van der Waals surface area contributed by atoms with Crippen LogP contribution < -0.4 is 0 Å². The molecule has 22 heavy (non-hydrogen) atoms. The van der Waals surface area contributed by atoms with Crippen molar-refractivity contribution in [2.45, 2.75) is 6.61 Å². The van der Waals surface area contributed by atoms with Gasteiger partial charge in [0.2, 0.25) is 0 Å². The molecule has 0 unspecified atom stereocenters. The molecule has 5 heteroatoms. The van der Waals surface area contributed by atoms with Crippen LogP contribution in [0.5, 0.6) is 0 Å². The molecule has 0 amide bonds. The second-order valence-electron chi connectivity index (χ2n) is 4.56. The molecule has 0 aliphatic carbocycles. The predicted molar refractivity (Wildman–Crippen MR) is 82.0 cm³/mol. The van der Waals surface area contributed by atoms with Crippen LogP contribution in [0.3, 0.4) is 0 Å². The largest absolute Gasteiger partial charge is 0.477 e. The number of aromatic carboxylic acids is 1. The molecule has 110 valence electrons. The lowest BCUT2D eigenvalue weighted by molar-refractivity contribution is 0.0690. The van der Waals surface area contributed by atoms with Crippen molar-refractivity contribution in [1.29, 1.82) is 5.26 Å².